The van der Waals surface area contributed by atoms with Crippen molar-refractivity contribution < 1.29 is 4.74 Å². The van der Waals surface area contributed by atoms with Gasteiger partial charge in [-0.05, 0) is 32.4 Å². The molecule has 0 radical (unpaired) electrons. The van der Waals surface area contributed by atoms with Gasteiger partial charge in [-0.3, -0.25) is 4.99 Å². The van der Waals surface area contributed by atoms with Crippen molar-refractivity contribution in [1.82, 2.24) is 10.6 Å². The van der Waals surface area contributed by atoms with Crippen molar-refractivity contribution >= 4 is 35.6 Å². The van der Waals surface area contributed by atoms with E-state index in [2.05, 4.69) is 57.8 Å². The van der Waals surface area contributed by atoms with Crippen LogP contribution in [0.1, 0.15) is 20.3 Å². The molecule has 1 heterocycles. The second-order valence-corrected chi connectivity index (χ2v) is 5.37. The highest BCUT2D eigenvalue weighted by molar-refractivity contribution is 14.0. The van der Waals surface area contributed by atoms with Crippen LogP contribution in [0.2, 0.25) is 0 Å². The molecular weight excluding hydrogens is 403 g/mol. The zero-order valence-electron chi connectivity index (χ0n) is 14.1. The van der Waals surface area contributed by atoms with E-state index < -0.39 is 0 Å². The lowest BCUT2D eigenvalue weighted by atomic mass is 10.3. The fourth-order valence-electron chi connectivity index (χ4n) is 2.63. The highest BCUT2D eigenvalue weighted by Crippen LogP contribution is 2.19. The van der Waals surface area contributed by atoms with Gasteiger partial charge in [-0.2, -0.15) is 0 Å². The Bertz CT molecular complexity index is 455. The van der Waals surface area contributed by atoms with Gasteiger partial charge in [0.05, 0.1) is 13.2 Å². The predicted molar refractivity (Wildman–Crippen MR) is 108 cm³/mol. The van der Waals surface area contributed by atoms with Crippen LogP contribution in [-0.4, -0.2) is 51.4 Å². The lowest BCUT2D eigenvalue weighted by molar-refractivity contribution is 0.155. The second kappa shape index (κ2) is 11.5. The number of nitrogens with zero attached hydrogens (tertiary/aromatic N) is 2. The van der Waals surface area contributed by atoms with Crippen LogP contribution < -0.4 is 15.5 Å². The summed E-state index contributed by atoms with van der Waals surface area (Å²) in [7, 11) is 0. The van der Waals surface area contributed by atoms with Gasteiger partial charge in [-0.1, -0.05) is 18.2 Å². The van der Waals surface area contributed by atoms with Gasteiger partial charge in [0.25, 0.3) is 0 Å². The molecule has 0 bridgehead atoms. The second-order valence-electron chi connectivity index (χ2n) is 5.37. The van der Waals surface area contributed by atoms with Gasteiger partial charge >= 0.3 is 0 Å². The molecule has 0 saturated carbocycles. The number of ether oxygens (including phenoxy) is 1. The van der Waals surface area contributed by atoms with Gasteiger partial charge in [0.2, 0.25) is 0 Å². The molecule has 0 aromatic heterocycles. The van der Waals surface area contributed by atoms with E-state index in [9.17, 15) is 0 Å². The maximum atomic E-state index is 5.34. The third-order valence-electron chi connectivity index (χ3n) is 3.70. The molecule has 130 valence electrons. The molecule has 6 heteroatoms. The summed E-state index contributed by atoms with van der Waals surface area (Å²) < 4.78 is 5.34. The Labute approximate surface area is 156 Å². The minimum Gasteiger partial charge on any atom is -0.380 e. The quantitative estimate of drug-likeness (QED) is 0.301. The summed E-state index contributed by atoms with van der Waals surface area (Å²) in [5.41, 5.74) is 1.30. The third-order valence-corrected chi connectivity index (χ3v) is 3.70. The summed E-state index contributed by atoms with van der Waals surface area (Å²) in [5.74, 6) is 0.891. The average Bonchev–Trinajstić information content (AvgIpc) is 3.01. The Kier molecular flexibility index (Phi) is 10.0. The van der Waals surface area contributed by atoms with E-state index in [4.69, 9.17) is 4.74 Å². The maximum absolute atomic E-state index is 5.34. The van der Waals surface area contributed by atoms with Gasteiger partial charge in [-0.25, -0.2) is 0 Å². The molecule has 0 spiro atoms. The van der Waals surface area contributed by atoms with E-state index in [1.54, 1.807) is 0 Å². The number of anilines is 1. The Hall–Kier alpha value is -1.02. The minimum atomic E-state index is 0. The van der Waals surface area contributed by atoms with Crippen LogP contribution in [0.5, 0.6) is 0 Å². The number of rotatable bonds is 7. The van der Waals surface area contributed by atoms with Gasteiger partial charge in [0.1, 0.15) is 0 Å². The lowest BCUT2D eigenvalue weighted by Gasteiger charge is -2.20. The standard InChI is InChI=1S/C17H28N4O.HI/c1-3-18-17(19-11-13-22-4-2)20-15-10-12-21(14-15)16-8-6-5-7-9-16;/h5-9,15H,3-4,10-14H2,1-2H3,(H2,18,19,20);1H. The monoisotopic (exact) mass is 432 g/mol. The number of halogens is 1. The number of hydrogen-bond acceptors (Lipinski definition) is 3. The summed E-state index contributed by atoms with van der Waals surface area (Å²) in [6.07, 6.45) is 1.13. The summed E-state index contributed by atoms with van der Waals surface area (Å²) in [4.78, 5) is 6.98. The molecule has 23 heavy (non-hydrogen) atoms. The maximum Gasteiger partial charge on any atom is 0.191 e. The van der Waals surface area contributed by atoms with Crippen LogP contribution in [0.4, 0.5) is 5.69 Å². The molecule has 1 aliphatic rings. The first-order valence-corrected chi connectivity index (χ1v) is 8.26. The van der Waals surface area contributed by atoms with Crippen LogP contribution in [-0.2, 0) is 4.74 Å². The van der Waals surface area contributed by atoms with Crippen molar-refractivity contribution in [3.63, 3.8) is 0 Å². The molecule has 1 fully saturated rings. The van der Waals surface area contributed by atoms with Crippen molar-refractivity contribution in [2.75, 3.05) is 44.3 Å². The molecule has 0 aliphatic carbocycles. The average molecular weight is 432 g/mol. The zero-order chi connectivity index (χ0) is 15.6. The van der Waals surface area contributed by atoms with Crippen LogP contribution in [0.25, 0.3) is 0 Å². The molecule has 2 N–H and O–H groups in total. The van der Waals surface area contributed by atoms with Crippen molar-refractivity contribution in [3.05, 3.63) is 30.3 Å². The molecule has 1 aromatic carbocycles. The molecule has 1 unspecified atom stereocenters. The van der Waals surface area contributed by atoms with Gasteiger partial charge in [0.15, 0.2) is 5.96 Å². The summed E-state index contributed by atoms with van der Waals surface area (Å²) in [6.45, 7) is 9.17. The molecule has 0 amide bonds. The van der Waals surface area contributed by atoms with Crippen molar-refractivity contribution in [1.29, 1.82) is 0 Å². The first-order valence-electron chi connectivity index (χ1n) is 8.26. The van der Waals surface area contributed by atoms with E-state index in [0.717, 1.165) is 38.6 Å². The van der Waals surface area contributed by atoms with Crippen LogP contribution in [0, 0.1) is 0 Å². The van der Waals surface area contributed by atoms with Gasteiger partial charge < -0.3 is 20.3 Å². The van der Waals surface area contributed by atoms with Crippen LogP contribution in [0.3, 0.4) is 0 Å². The zero-order valence-corrected chi connectivity index (χ0v) is 16.5. The summed E-state index contributed by atoms with van der Waals surface area (Å²) >= 11 is 0. The van der Waals surface area contributed by atoms with Crippen molar-refractivity contribution in [2.45, 2.75) is 26.3 Å². The first-order chi connectivity index (χ1) is 10.8. The molecular formula is C17H29IN4O. The molecule has 1 aromatic rings. The van der Waals surface area contributed by atoms with Crippen LogP contribution in [0.15, 0.2) is 35.3 Å². The fraction of sp³-hybridized carbons (Fsp3) is 0.588. The fourth-order valence-corrected chi connectivity index (χ4v) is 2.63. The highest BCUT2D eigenvalue weighted by atomic mass is 127. The SMILES string of the molecule is CCNC(=NCCOCC)NC1CCN(c2ccccc2)C1.I. The minimum absolute atomic E-state index is 0. The van der Waals surface area contributed by atoms with E-state index in [1.165, 1.54) is 5.69 Å². The number of nitrogens with one attached hydrogen (secondary N) is 2. The molecule has 1 atom stereocenters. The topological polar surface area (TPSA) is 48.9 Å². The summed E-state index contributed by atoms with van der Waals surface area (Å²) in [6, 6.07) is 11.0. The number of guanidine groups is 1. The molecule has 2 rings (SSSR count). The Morgan fingerprint density at radius 1 is 1.30 bits per heavy atom. The van der Waals surface area contributed by atoms with Gasteiger partial charge in [-0.15, -0.1) is 24.0 Å². The van der Waals surface area contributed by atoms with E-state index in [-0.39, 0.29) is 24.0 Å². The number of para-hydroxylation sites is 1. The first kappa shape index (κ1) is 20.0. The largest absolute Gasteiger partial charge is 0.380 e. The molecule has 5 nitrogen and oxygen atoms in total. The van der Waals surface area contributed by atoms with E-state index in [1.807, 2.05) is 6.92 Å². The Morgan fingerprint density at radius 3 is 2.78 bits per heavy atom. The number of aliphatic imine (C=N–C) groups is 1. The number of benzene rings is 1. The van der Waals surface area contributed by atoms with Crippen molar-refractivity contribution in [2.24, 2.45) is 4.99 Å². The Balaban J connectivity index is 0.00000264. The van der Waals surface area contributed by atoms with Gasteiger partial charge in [0, 0.05) is 38.0 Å². The van der Waals surface area contributed by atoms with E-state index >= 15 is 0 Å². The normalized spacial score (nSPS) is 17.7. The van der Waals surface area contributed by atoms with Crippen molar-refractivity contribution in [3.8, 4) is 0 Å². The summed E-state index contributed by atoms with van der Waals surface area (Å²) in [5, 5.41) is 6.84. The lowest BCUT2D eigenvalue weighted by Crippen LogP contribution is -2.44. The smallest absolute Gasteiger partial charge is 0.191 e. The third kappa shape index (κ3) is 6.95. The molecule has 1 saturated heterocycles. The van der Waals surface area contributed by atoms with Crippen LogP contribution >= 0.6 is 24.0 Å². The number of hydrogen-bond donors (Lipinski definition) is 2. The predicted octanol–water partition coefficient (Wildman–Crippen LogP) is 2.47. The molecule has 1 aliphatic heterocycles. The van der Waals surface area contributed by atoms with E-state index in [0.29, 0.717) is 19.2 Å². The highest BCUT2D eigenvalue weighted by Gasteiger charge is 2.23. The Morgan fingerprint density at radius 2 is 2.09 bits per heavy atom.